The molecule has 0 radical (unpaired) electrons. The molecule has 3 nitrogen and oxygen atoms in total. The Balaban J connectivity index is 1.97. The molecule has 1 aromatic carbocycles. The summed E-state index contributed by atoms with van der Waals surface area (Å²) in [4.78, 5) is 22.1. The molecule has 0 aromatic heterocycles. The summed E-state index contributed by atoms with van der Waals surface area (Å²) in [5, 5.41) is 3.17. The molecule has 2 rings (SSSR count). The molecule has 0 saturated heterocycles. The molecule has 18 heavy (non-hydrogen) atoms. The molecule has 0 aliphatic carbocycles. The Kier molecular flexibility index (Phi) is 4.20. The Bertz CT molecular complexity index is 497. The molecule has 1 aliphatic heterocycles. The summed E-state index contributed by atoms with van der Waals surface area (Å²) in [5.41, 5.74) is 3.88. The predicted molar refractivity (Wildman–Crippen MR) is 75.2 cm³/mol. The first-order valence-electron chi connectivity index (χ1n) is 5.83. The highest BCUT2D eigenvalue weighted by Crippen LogP contribution is 2.28. The van der Waals surface area contributed by atoms with Crippen LogP contribution in [-0.2, 0) is 11.2 Å². The van der Waals surface area contributed by atoms with E-state index in [-0.39, 0.29) is 5.78 Å². The van der Waals surface area contributed by atoms with Crippen molar-refractivity contribution in [2.24, 2.45) is 0 Å². The van der Waals surface area contributed by atoms with Crippen molar-refractivity contribution in [1.29, 1.82) is 0 Å². The third-order valence-electron chi connectivity index (χ3n) is 2.76. The average Bonchev–Trinajstić information content (AvgIpc) is 2.73. The number of hydrogen-bond donors (Lipinski definition) is 1. The van der Waals surface area contributed by atoms with E-state index in [1.807, 2.05) is 18.2 Å². The molecule has 1 N–H and O–H groups in total. The van der Waals surface area contributed by atoms with Gasteiger partial charge < -0.3 is 10.1 Å². The van der Waals surface area contributed by atoms with Gasteiger partial charge >= 0.3 is 0 Å². The number of ketones is 1. The van der Waals surface area contributed by atoms with Gasteiger partial charge in [0, 0.05) is 35.5 Å². The average molecular weight is 261 g/mol. The summed E-state index contributed by atoms with van der Waals surface area (Å²) in [5.74, 6) is 1.26. The van der Waals surface area contributed by atoms with E-state index in [2.05, 4.69) is 11.9 Å². The van der Waals surface area contributed by atoms with Crippen LogP contribution in [0.3, 0.4) is 0 Å². The number of carbonyl (C=O) groups is 2. The van der Waals surface area contributed by atoms with Crippen LogP contribution in [0.2, 0.25) is 0 Å². The van der Waals surface area contributed by atoms with Gasteiger partial charge in [-0.15, -0.1) is 0 Å². The van der Waals surface area contributed by atoms with Crippen LogP contribution in [0.25, 0.3) is 0 Å². The minimum atomic E-state index is 0.117. The first-order chi connectivity index (χ1) is 8.70. The molecule has 94 valence electrons. The van der Waals surface area contributed by atoms with E-state index in [0.717, 1.165) is 35.2 Å². The maximum atomic E-state index is 11.9. The molecule has 0 saturated carbocycles. The predicted octanol–water partition coefficient (Wildman–Crippen LogP) is 2.67. The Morgan fingerprint density at radius 3 is 3.11 bits per heavy atom. The molecular weight excluding hydrogens is 246 g/mol. The summed E-state index contributed by atoms with van der Waals surface area (Å²) < 4.78 is 0. The fourth-order valence-electron chi connectivity index (χ4n) is 1.88. The summed E-state index contributed by atoms with van der Waals surface area (Å²) in [7, 11) is 0. The summed E-state index contributed by atoms with van der Waals surface area (Å²) in [6.45, 7) is 3.88. The van der Waals surface area contributed by atoms with Gasteiger partial charge in [0.15, 0.2) is 5.78 Å². The van der Waals surface area contributed by atoms with Gasteiger partial charge in [-0.1, -0.05) is 6.58 Å². The summed E-state index contributed by atoms with van der Waals surface area (Å²) >= 11 is 1.50. The van der Waals surface area contributed by atoms with Crippen LogP contribution in [0.5, 0.6) is 0 Å². The molecule has 1 aromatic rings. The zero-order valence-corrected chi connectivity index (χ0v) is 10.9. The number of allylic oxidation sites excluding steroid dienone is 1. The molecule has 0 spiro atoms. The van der Waals surface area contributed by atoms with Gasteiger partial charge in [-0.2, -0.15) is 11.8 Å². The second-order valence-electron chi connectivity index (χ2n) is 4.21. The van der Waals surface area contributed by atoms with Crippen molar-refractivity contribution in [3.63, 3.8) is 0 Å². The lowest BCUT2D eigenvalue weighted by Gasteiger charge is -2.03. The van der Waals surface area contributed by atoms with E-state index < -0.39 is 0 Å². The Morgan fingerprint density at radius 1 is 1.50 bits per heavy atom. The third-order valence-corrected chi connectivity index (χ3v) is 3.75. The number of aldehydes is 1. The molecule has 1 heterocycles. The zero-order valence-electron chi connectivity index (χ0n) is 10.1. The molecule has 4 heteroatoms. The van der Waals surface area contributed by atoms with Crippen molar-refractivity contribution in [1.82, 2.24) is 0 Å². The normalized spacial score (nSPS) is 13.0. The monoisotopic (exact) mass is 261 g/mol. The zero-order chi connectivity index (χ0) is 13.0. The van der Waals surface area contributed by atoms with Crippen molar-refractivity contribution >= 4 is 29.5 Å². The molecule has 0 atom stereocenters. The number of fused-ring (bicyclic) bond motifs is 1. The molecular formula is C14H15NO2S. The maximum absolute atomic E-state index is 11.9. The van der Waals surface area contributed by atoms with Crippen LogP contribution in [-0.4, -0.2) is 23.6 Å². The number of thioether (sulfide) groups is 1. The van der Waals surface area contributed by atoms with Gasteiger partial charge in [-0.05, 0) is 23.8 Å². The second-order valence-corrected chi connectivity index (χ2v) is 5.31. The molecule has 0 unspecified atom stereocenters. The quantitative estimate of drug-likeness (QED) is 0.486. The van der Waals surface area contributed by atoms with Crippen molar-refractivity contribution in [3.8, 4) is 0 Å². The van der Waals surface area contributed by atoms with Crippen LogP contribution in [0, 0.1) is 0 Å². The van der Waals surface area contributed by atoms with Crippen molar-refractivity contribution in [2.75, 3.05) is 16.8 Å². The number of rotatable bonds is 6. The fraction of sp³-hybridized carbons (Fsp3) is 0.286. The van der Waals surface area contributed by atoms with E-state index in [9.17, 15) is 9.59 Å². The van der Waals surface area contributed by atoms with Crippen LogP contribution in [0.15, 0.2) is 30.5 Å². The third kappa shape index (κ3) is 3.01. The van der Waals surface area contributed by atoms with E-state index in [0.29, 0.717) is 17.9 Å². The Hall–Kier alpha value is -1.55. The largest absolute Gasteiger partial charge is 0.359 e. The van der Waals surface area contributed by atoms with E-state index in [4.69, 9.17) is 0 Å². The topological polar surface area (TPSA) is 46.2 Å². The van der Waals surface area contributed by atoms with Gasteiger partial charge in [0.05, 0.1) is 5.75 Å². The van der Waals surface area contributed by atoms with Crippen LogP contribution < -0.4 is 5.32 Å². The number of anilines is 1. The Morgan fingerprint density at radius 2 is 2.33 bits per heavy atom. The lowest BCUT2D eigenvalue weighted by molar-refractivity contribution is -0.107. The van der Waals surface area contributed by atoms with Crippen molar-refractivity contribution in [3.05, 3.63) is 41.6 Å². The maximum Gasteiger partial charge on any atom is 0.172 e. The SMILES string of the molecule is C=C1Cc2cc(C(=O)CSCCC=O)ccc2N1. The molecule has 0 fully saturated rings. The highest BCUT2D eigenvalue weighted by Gasteiger charge is 2.15. The fourth-order valence-corrected chi connectivity index (χ4v) is 2.64. The van der Waals surface area contributed by atoms with Gasteiger partial charge in [0.25, 0.3) is 0 Å². The lowest BCUT2D eigenvalue weighted by Crippen LogP contribution is -2.03. The first-order valence-corrected chi connectivity index (χ1v) is 6.98. The minimum absolute atomic E-state index is 0.117. The van der Waals surface area contributed by atoms with Crippen LogP contribution in [0.4, 0.5) is 5.69 Å². The first kappa shape index (κ1) is 12.9. The standard InChI is InChI=1S/C14H15NO2S/c1-10-7-12-8-11(3-4-13(12)15-10)14(17)9-18-6-2-5-16/h3-5,8,15H,1-2,6-7,9H2. The highest BCUT2D eigenvalue weighted by molar-refractivity contribution is 7.99. The van der Waals surface area contributed by atoms with Gasteiger partial charge in [-0.25, -0.2) is 0 Å². The van der Waals surface area contributed by atoms with E-state index >= 15 is 0 Å². The van der Waals surface area contributed by atoms with Gasteiger partial charge in [-0.3, -0.25) is 4.79 Å². The van der Waals surface area contributed by atoms with Crippen molar-refractivity contribution in [2.45, 2.75) is 12.8 Å². The second kappa shape index (κ2) is 5.87. The molecule has 0 bridgehead atoms. The van der Waals surface area contributed by atoms with Crippen molar-refractivity contribution < 1.29 is 9.59 Å². The van der Waals surface area contributed by atoms with Gasteiger partial charge in [0.1, 0.15) is 6.29 Å². The number of Topliss-reactive ketones (excluding diaryl/α,β-unsaturated/α-hetero) is 1. The smallest absolute Gasteiger partial charge is 0.172 e. The molecule has 0 amide bonds. The summed E-state index contributed by atoms with van der Waals surface area (Å²) in [6, 6.07) is 5.70. The van der Waals surface area contributed by atoms with E-state index in [1.54, 1.807) is 0 Å². The lowest BCUT2D eigenvalue weighted by atomic mass is 10.1. The van der Waals surface area contributed by atoms with Crippen LogP contribution in [0.1, 0.15) is 22.3 Å². The van der Waals surface area contributed by atoms with E-state index in [1.165, 1.54) is 11.8 Å². The number of nitrogens with one attached hydrogen (secondary N) is 1. The number of hydrogen-bond acceptors (Lipinski definition) is 4. The number of carbonyl (C=O) groups excluding carboxylic acids is 2. The minimum Gasteiger partial charge on any atom is -0.359 e. The molecule has 1 aliphatic rings. The Labute approximate surface area is 111 Å². The van der Waals surface area contributed by atoms with Crippen LogP contribution >= 0.6 is 11.8 Å². The number of benzene rings is 1. The van der Waals surface area contributed by atoms with Gasteiger partial charge in [0.2, 0.25) is 0 Å². The summed E-state index contributed by atoms with van der Waals surface area (Å²) in [6.07, 6.45) is 2.17. The highest BCUT2D eigenvalue weighted by atomic mass is 32.2.